The molecule has 70 valence electrons. The molecule has 1 aliphatic rings. The predicted octanol–water partition coefficient (Wildman–Crippen LogP) is 1.00. The van der Waals surface area contributed by atoms with Gasteiger partial charge in [0.25, 0.3) is 0 Å². The van der Waals surface area contributed by atoms with Crippen molar-refractivity contribution in [3.63, 3.8) is 0 Å². The summed E-state index contributed by atoms with van der Waals surface area (Å²) < 4.78 is 0. The first kappa shape index (κ1) is 8.73. The van der Waals surface area contributed by atoms with E-state index in [1.54, 1.807) is 0 Å². The van der Waals surface area contributed by atoms with Crippen molar-refractivity contribution in [2.24, 2.45) is 5.73 Å². The monoisotopic (exact) mass is 176 g/mol. The third-order valence-electron chi connectivity index (χ3n) is 2.89. The van der Waals surface area contributed by atoms with Crippen LogP contribution < -0.4 is 5.73 Å². The lowest BCUT2D eigenvalue weighted by atomic mass is 9.95. The van der Waals surface area contributed by atoms with Gasteiger partial charge in [0.15, 0.2) is 0 Å². The quantitative estimate of drug-likeness (QED) is 0.691. The molecule has 0 saturated heterocycles. The molecule has 0 aromatic heterocycles. The largest absolute Gasteiger partial charge is 0.329 e. The highest BCUT2D eigenvalue weighted by molar-refractivity contribution is 5.30. The molecule has 13 heavy (non-hydrogen) atoms. The van der Waals surface area contributed by atoms with Gasteiger partial charge in [-0.15, -0.1) is 0 Å². The second-order valence-electron chi connectivity index (χ2n) is 3.78. The maximum absolute atomic E-state index is 5.71. The fourth-order valence-electron chi connectivity index (χ4n) is 1.98. The van der Waals surface area contributed by atoms with Gasteiger partial charge in [-0.2, -0.15) is 0 Å². The molecule has 0 spiro atoms. The number of fused-ring (bicyclic) bond motifs is 1. The topological polar surface area (TPSA) is 29.3 Å². The molecule has 1 aromatic rings. The lowest BCUT2D eigenvalue weighted by Gasteiger charge is -2.33. The summed E-state index contributed by atoms with van der Waals surface area (Å²) >= 11 is 0. The van der Waals surface area contributed by atoms with Crippen LogP contribution in [0.15, 0.2) is 24.3 Å². The van der Waals surface area contributed by atoms with Gasteiger partial charge in [0.05, 0.1) is 0 Å². The van der Waals surface area contributed by atoms with E-state index in [4.69, 9.17) is 5.73 Å². The van der Waals surface area contributed by atoms with E-state index in [2.05, 4.69) is 36.2 Å². The Labute approximate surface area is 79.4 Å². The zero-order valence-electron chi connectivity index (χ0n) is 8.03. The molecule has 1 aliphatic heterocycles. The first-order chi connectivity index (χ1) is 6.31. The Morgan fingerprint density at radius 2 is 2.08 bits per heavy atom. The van der Waals surface area contributed by atoms with Gasteiger partial charge in [-0.1, -0.05) is 24.3 Å². The van der Waals surface area contributed by atoms with Gasteiger partial charge < -0.3 is 5.73 Å². The lowest BCUT2D eigenvalue weighted by molar-refractivity contribution is 0.221. The second kappa shape index (κ2) is 3.48. The summed E-state index contributed by atoms with van der Waals surface area (Å²) in [6, 6.07) is 9.16. The third kappa shape index (κ3) is 1.60. The van der Waals surface area contributed by atoms with Gasteiger partial charge in [-0.05, 0) is 24.6 Å². The fourth-order valence-corrected chi connectivity index (χ4v) is 1.98. The van der Waals surface area contributed by atoms with E-state index in [1.165, 1.54) is 11.1 Å². The maximum Gasteiger partial charge on any atom is 0.0259 e. The van der Waals surface area contributed by atoms with Crippen molar-refractivity contribution in [1.29, 1.82) is 0 Å². The Balaban J connectivity index is 2.27. The van der Waals surface area contributed by atoms with Crippen LogP contribution in [-0.2, 0) is 13.0 Å². The molecule has 1 unspecified atom stereocenters. The van der Waals surface area contributed by atoms with Gasteiger partial charge in [0.2, 0.25) is 0 Å². The van der Waals surface area contributed by atoms with E-state index in [0.717, 1.165) is 19.5 Å². The van der Waals surface area contributed by atoms with Gasteiger partial charge in [-0.25, -0.2) is 0 Å². The molecule has 1 aromatic carbocycles. The summed E-state index contributed by atoms with van der Waals surface area (Å²) in [6.07, 6.45) is 1.10. The Morgan fingerprint density at radius 3 is 2.77 bits per heavy atom. The minimum Gasteiger partial charge on any atom is -0.329 e. The Bertz CT molecular complexity index is 296. The Hall–Kier alpha value is -0.860. The minimum absolute atomic E-state index is 0.523. The van der Waals surface area contributed by atoms with E-state index in [9.17, 15) is 0 Å². The highest BCUT2D eigenvalue weighted by Gasteiger charge is 2.20. The number of rotatable bonds is 1. The summed E-state index contributed by atoms with van der Waals surface area (Å²) in [4.78, 5) is 2.34. The van der Waals surface area contributed by atoms with Crippen molar-refractivity contribution in [3.05, 3.63) is 35.4 Å². The number of nitrogens with two attached hydrogens (primary N) is 1. The first-order valence-electron chi connectivity index (χ1n) is 4.78. The molecule has 0 aliphatic carbocycles. The third-order valence-corrected chi connectivity index (χ3v) is 2.89. The summed E-state index contributed by atoms with van der Waals surface area (Å²) in [5.74, 6) is 0. The normalized spacial score (nSPS) is 22.8. The number of hydrogen-bond acceptors (Lipinski definition) is 2. The van der Waals surface area contributed by atoms with Gasteiger partial charge in [0.1, 0.15) is 0 Å². The molecule has 2 N–H and O–H groups in total. The molecule has 2 rings (SSSR count). The number of benzene rings is 1. The molecule has 0 bridgehead atoms. The lowest BCUT2D eigenvalue weighted by Crippen LogP contribution is -2.42. The minimum atomic E-state index is 0.523. The van der Waals surface area contributed by atoms with Crippen LogP contribution in [0.3, 0.4) is 0 Å². The van der Waals surface area contributed by atoms with Gasteiger partial charge in [0, 0.05) is 19.1 Å². The van der Waals surface area contributed by atoms with Crippen LogP contribution in [0, 0.1) is 0 Å². The van der Waals surface area contributed by atoms with Crippen LogP contribution in [0.25, 0.3) is 0 Å². The van der Waals surface area contributed by atoms with Crippen LogP contribution in [0.2, 0.25) is 0 Å². The summed E-state index contributed by atoms with van der Waals surface area (Å²) in [7, 11) is 2.15. The van der Waals surface area contributed by atoms with Crippen molar-refractivity contribution in [2.75, 3.05) is 13.6 Å². The zero-order valence-corrected chi connectivity index (χ0v) is 8.03. The molecule has 0 radical (unpaired) electrons. The van der Waals surface area contributed by atoms with E-state index >= 15 is 0 Å². The van der Waals surface area contributed by atoms with Crippen molar-refractivity contribution in [2.45, 2.75) is 19.0 Å². The van der Waals surface area contributed by atoms with Crippen LogP contribution >= 0.6 is 0 Å². The van der Waals surface area contributed by atoms with E-state index in [-0.39, 0.29) is 0 Å². The Kier molecular flexibility index (Phi) is 2.34. The van der Waals surface area contributed by atoms with Crippen LogP contribution in [0.4, 0.5) is 0 Å². The average Bonchev–Trinajstić information content (AvgIpc) is 2.17. The number of hydrogen-bond donors (Lipinski definition) is 1. The molecule has 0 saturated carbocycles. The van der Waals surface area contributed by atoms with E-state index < -0.39 is 0 Å². The highest BCUT2D eigenvalue weighted by Crippen LogP contribution is 2.20. The van der Waals surface area contributed by atoms with Gasteiger partial charge in [-0.3, -0.25) is 4.90 Å². The maximum atomic E-state index is 5.71. The van der Waals surface area contributed by atoms with Gasteiger partial charge >= 0.3 is 0 Å². The highest BCUT2D eigenvalue weighted by atomic mass is 15.1. The van der Waals surface area contributed by atoms with Crippen LogP contribution in [0.5, 0.6) is 0 Å². The molecular formula is C11H16N2. The molecule has 1 heterocycles. The predicted molar refractivity (Wildman–Crippen MR) is 54.5 cm³/mol. The van der Waals surface area contributed by atoms with Crippen molar-refractivity contribution in [3.8, 4) is 0 Å². The van der Waals surface area contributed by atoms with Crippen LogP contribution in [0.1, 0.15) is 11.1 Å². The van der Waals surface area contributed by atoms with Crippen molar-refractivity contribution < 1.29 is 0 Å². The van der Waals surface area contributed by atoms with Crippen molar-refractivity contribution >= 4 is 0 Å². The van der Waals surface area contributed by atoms with E-state index in [0.29, 0.717) is 6.04 Å². The second-order valence-corrected chi connectivity index (χ2v) is 3.78. The van der Waals surface area contributed by atoms with Crippen molar-refractivity contribution in [1.82, 2.24) is 4.90 Å². The smallest absolute Gasteiger partial charge is 0.0259 e. The summed E-state index contributed by atoms with van der Waals surface area (Å²) in [5, 5.41) is 0. The van der Waals surface area contributed by atoms with Crippen LogP contribution in [-0.4, -0.2) is 24.5 Å². The average molecular weight is 176 g/mol. The summed E-state index contributed by atoms with van der Waals surface area (Å²) in [6.45, 7) is 1.79. The van der Waals surface area contributed by atoms with E-state index in [1.807, 2.05) is 0 Å². The SMILES string of the molecule is CN1Cc2ccccc2CC1CN. The molecule has 0 amide bonds. The zero-order chi connectivity index (χ0) is 9.26. The molecular weight excluding hydrogens is 160 g/mol. The fraction of sp³-hybridized carbons (Fsp3) is 0.455. The standard InChI is InChI=1S/C11H16N2/c1-13-8-10-5-3-2-4-9(10)6-11(13)7-12/h2-5,11H,6-8,12H2,1H3. The molecule has 1 atom stereocenters. The molecule has 0 fully saturated rings. The molecule has 2 nitrogen and oxygen atoms in total. The Morgan fingerprint density at radius 1 is 1.38 bits per heavy atom. The number of nitrogens with zero attached hydrogens (tertiary/aromatic N) is 1. The first-order valence-corrected chi connectivity index (χ1v) is 4.78. The molecule has 2 heteroatoms. The number of likely N-dealkylation sites (N-methyl/N-ethyl adjacent to an activating group) is 1. The summed E-state index contributed by atoms with van der Waals surface area (Å²) in [5.41, 5.74) is 8.63.